The lowest BCUT2D eigenvalue weighted by Crippen LogP contribution is -2.26. The fraction of sp³-hybridized carbons (Fsp3) is 0.320. The molecule has 0 saturated heterocycles. The van der Waals surface area contributed by atoms with E-state index in [4.69, 9.17) is 14.5 Å². The van der Waals surface area contributed by atoms with Gasteiger partial charge in [0.1, 0.15) is 17.2 Å². The summed E-state index contributed by atoms with van der Waals surface area (Å²) in [5.74, 6) is 2.46. The van der Waals surface area contributed by atoms with Gasteiger partial charge in [-0.2, -0.15) is 0 Å². The van der Waals surface area contributed by atoms with E-state index in [-0.39, 0.29) is 6.10 Å². The number of methoxy groups -OCH3 is 1. The maximum absolute atomic E-state index is 10.3. The number of pyridine rings is 2. The molecule has 3 aromatic heterocycles. The van der Waals surface area contributed by atoms with Gasteiger partial charge in [0, 0.05) is 36.5 Å². The number of hydrogen-bond acceptors (Lipinski definition) is 7. The molecule has 6 nitrogen and oxygen atoms in total. The summed E-state index contributed by atoms with van der Waals surface area (Å²) in [6.07, 6.45) is 10.1. The van der Waals surface area contributed by atoms with Gasteiger partial charge >= 0.3 is 0 Å². The highest BCUT2D eigenvalue weighted by atomic mass is 32.1. The van der Waals surface area contributed by atoms with Gasteiger partial charge in [-0.25, -0.2) is 4.98 Å². The van der Waals surface area contributed by atoms with Crippen LogP contribution in [0.4, 0.5) is 0 Å². The summed E-state index contributed by atoms with van der Waals surface area (Å²) in [6, 6.07) is 11.6. The Morgan fingerprint density at radius 2 is 1.91 bits per heavy atom. The fourth-order valence-electron chi connectivity index (χ4n) is 4.19. The van der Waals surface area contributed by atoms with Crippen LogP contribution in [0.15, 0.2) is 55.0 Å². The minimum atomic E-state index is -0.199. The second-order valence-corrected chi connectivity index (χ2v) is 9.26. The summed E-state index contributed by atoms with van der Waals surface area (Å²) in [7, 11) is 1.62. The van der Waals surface area contributed by atoms with Crippen molar-refractivity contribution in [3.8, 4) is 28.5 Å². The van der Waals surface area contributed by atoms with Crippen LogP contribution in [0.2, 0.25) is 0 Å². The molecule has 0 radical (unpaired) electrons. The highest BCUT2D eigenvalue weighted by molar-refractivity contribution is 7.18. The van der Waals surface area contributed by atoms with Crippen LogP contribution in [0.5, 0.6) is 17.2 Å². The normalized spacial score (nSPS) is 18.6. The summed E-state index contributed by atoms with van der Waals surface area (Å²) < 4.78 is 12.5. The van der Waals surface area contributed by atoms with Crippen molar-refractivity contribution in [2.45, 2.75) is 38.2 Å². The summed E-state index contributed by atoms with van der Waals surface area (Å²) in [5.41, 5.74) is 2.60. The van der Waals surface area contributed by atoms with Crippen LogP contribution < -0.4 is 9.47 Å². The SMILES string of the molecule is COc1cncc(-c2cc(Oc3ccc4nc(C[C@@H]5CCCC[C@H]5O)sc4c3)ccn2)c1. The summed E-state index contributed by atoms with van der Waals surface area (Å²) in [5, 5.41) is 11.4. The Morgan fingerprint density at radius 3 is 2.78 bits per heavy atom. The summed E-state index contributed by atoms with van der Waals surface area (Å²) in [4.78, 5) is 13.4. The molecule has 0 unspecified atom stereocenters. The third-order valence-corrected chi connectivity index (χ3v) is 6.96. The number of fused-ring (bicyclic) bond motifs is 1. The Hall–Kier alpha value is -3.03. The monoisotopic (exact) mass is 447 g/mol. The number of thiazole rings is 1. The van der Waals surface area contributed by atoms with Crippen LogP contribution in [0, 0.1) is 5.92 Å². The molecule has 3 heterocycles. The zero-order valence-electron chi connectivity index (χ0n) is 17.9. The average molecular weight is 448 g/mol. The minimum Gasteiger partial charge on any atom is -0.495 e. The van der Waals surface area contributed by atoms with Crippen molar-refractivity contribution < 1.29 is 14.6 Å². The smallest absolute Gasteiger partial charge is 0.137 e. The van der Waals surface area contributed by atoms with E-state index in [1.165, 1.54) is 6.42 Å². The molecule has 1 N–H and O–H groups in total. The second-order valence-electron chi connectivity index (χ2n) is 8.15. The topological polar surface area (TPSA) is 77.4 Å². The molecule has 164 valence electrons. The van der Waals surface area contributed by atoms with Gasteiger partial charge in [-0.15, -0.1) is 11.3 Å². The molecule has 1 aromatic carbocycles. The molecule has 0 spiro atoms. The lowest BCUT2D eigenvalue weighted by atomic mass is 9.84. The van der Waals surface area contributed by atoms with Gasteiger partial charge in [-0.05, 0) is 43.0 Å². The Bertz CT molecular complexity index is 1230. The molecule has 1 saturated carbocycles. The molecule has 1 aliphatic rings. The van der Waals surface area contributed by atoms with Crippen LogP contribution in [-0.2, 0) is 6.42 Å². The predicted molar refractivity (Wildman–Crippen MR) is 125 cm³/mol. The zero-order chi connectivity index (χ0) is 21.9. The zero-order valence-corrected chi connectivity index (χ0v) is 18.7. The number of aromatic nitrogens is 3. The standard InChI is InChI=1S/C25H25N3O3S/c1-30-20-10-17(14-26-15-20)22-12-19(8-9-27-22)31-18-6-7-21-24(13-18)32-25(28-21)11-16-4-2-3-5-23(16)29/h6-10,12-16,23,29H,2-5,11H2,1H3/t16-,23+/m0/s1. The van der Waals surface area contributed by atoms with Crippen molar-refractivity contribution in [3.05, 3.63) is 60.0 Å². The Balaban J connectivity index is 1.34. The Kier molecular flexibility index (Phi) is 6.01. The first-order valence-electron chi connectivity index (χ1n) is 10.9. The highest BCUT2D eigenvalue weighted by Gasteiger charge is 2.24. The molecule has 1 fully saturated rings. The molecule has 0 bridgehead atoms. The average Bonchev–Trinajstić information content (AvgIpc) is 3.22. The maximum Gasteiger partial charge on any atom is 0.137 e. The van der Waals surface area contributed by atoms with E-state index in [9.17, 15) is 5.11 Å². The molecule has 1 aliphatic carbocycles. The van der Waals surface area contributed by atoms with Gasteiger partial charge in [0.05, 0.1) is 40.3 Å². The van der Waals surface area contributed by atoms with Gasteiger partial charge in [-0.1, -0.05) is 12.8 Å². The van der Waals surface area contributed by atoms with E-state index in [0.29, 0.717) is 17.4 Å². The number of nitrogens with zero attached hydrogens (tertiary/aromatic N) is 3. The minimum absolute atomic E-state index is 0.199. The summed E-state index contributed by atoms with van der Waals surface area (Å²) in [6.45, 7) is 0. The van der Waals surface area contributed by atoms with Gasteiger partial charge in [-0.3, -0.25) is 9.97 Å². The van der Waals surface area contributed by atoms with E-state index in [2.05, 4.69) is 9.97 Å². The van der Waals surface area contributed by atoms with E-state index < -0.39 is 0 Å². The summed E-state index contributed by atoms with van der Waals surface area (Å²) >= 11 is 1.69. The first-order valence-corrected chi connectivity index (χ1v) is 11.7. The fourth-order valence-corrected chi connectivity index (χ4v) is 5.28. The number of hydrogen-bond donors (Lipinski definition) is 1. The van der Waals surface area contributed by atoms with Crippen LogP contribution in [-0.4, -0.2) is 33.3 Å². The van der Waals surface area contributed by atoms with Gasteiger partial charge in [0.15, 0.2) is 0 Å². The van der Waals surface area contributed by atoms with Crippen LogP contribution in [0.1, 0.15) is 30.7 Å². The molecular formula is C25H25N3O3S. The van der Waals surface area contributed by atoms with Crippen LogP contribution in [0.3, 0.4) is 0 Å². The Labute approximate surface area is 190 Å². The molecule has 32 heavy (non-hydrogen) atoms. The first kappa shape index (κ1) is 20.8. The van der Waals surface area contributed by atoms with Crippen LogP contribution in [0.25, 0.3) is 21.5 Å². The lowest BCUT2D eigenvalue weighted by molar-refractivity contribution is 0.0700. The molecular weight excluding hydrogens is 422 g/mol. The number of rotatable bonds is 6. The van der Waals surface area contributed by atoms with Crippen LogP contribution >= 0.6 is 11.3 Å². The number of ether oxygens (including phenoxy) is 2. The van der Waals surface area contributed by atoms with Crippen molar-refractivity contribution >= 4 is 21.6 Å². The quantitative estimate of drug-likeness (QED) is 0.412. The van der Waals surface area contributed by atoms with E-state index in [1.54, 1.807) is 37.0 Å². The third kappa shape index (κ3) is 4.59. The largest absolute Gasteiger partial charge is 0.495 e. The predicted octanol–water partition coefficient (Wildman–Crippen LogP) is 5.65. The molecule has 4 aromatic rings. The van der Waals surface area contributed by atoms with Gasteiger partial charge < -0.3 is 14.6 Å². The van der Waals surface area contributed by atoms with E-state index in [1.807, 2.05) is 36.4 Å². The van der Waals surface area contributed by atoms with E-state index in [0.717, 1.165) is 57.9 Å². The second kappa shape index (κ2) is 9.22. The molecule has 5 rings (SSSR count). The number of aliphatic hydroxyl groups is 1. The third-order valence-electron chi connectivity index (χ3n) is 5.92. The Morgan fingerprint density at radius 1 is 1.03 bits per heavy atom. The van der Waals surface area contributed by atoms with Gasteiger partial charge in [0.2, 0.25) is 0 Å². The lowest BCUT2D eigenvalue weighted by Gasteiger charge is -2.26. The van der Waals surface area contributed by atoms with Crippen molar-refractivity contribution in [3.63, 3.8) is 0 Å². The van der Waals surface area contributed by atoms with Crippen molar-refractivity contribution in [1.29, 1.82) is 0 Å². The van der Waals surface area contributed by atoms with E-state index >= 15 is 0 Å². The maximum atomic E-state index is 10.3. The first-order chi connectivity index (χ1) is 15.7. The molecule has 0 amide bonds. The van der Waals surface area contributed by atoms with Crippen molar-refractivity contribution in [2.75, 3.05) is 7.11 Å². The van der Waals surface area contributed by atoms with Crippen molar-refractivity contribution in [2.24, 2.45) is 5.92 Å². The molecule has 0 aliphatic heterocycles. The molecule has 7 heteroatoms. The highest BCUT2D eigenvalue weighted by Crippen LogP contribution is 2.33. The van der Waals surface area contributed by atoms with Gasteiger partial charge in [0.25, 0.3) is 0 Å². The molecule has 2 atom stereocenters. The van der Waals surface area contributed by atoms with Crippen molar-refractivity contribution in [1.82, 2.24) is 15.0 Å². The number of aliphatic hydroxyl groups excluding tert-OH is 1. The number of benzene rings is 1.